The topological polar surface area (TPSA) is 21.1 Å². The van der Waals surface area contributed by atoms with Crippen molar-refractivity contribution in [1.82, 2.24) is 14.7 Å². The molecule has 0 amide bonds. The van der Waals surface area contributed by atoms with Gasteiger partial charge in [0, 0.05) is 25.2 Å². The zero-order valence-electron chi connectivity index (χ0n) is 11.6. The summed E-state index contributed by atoms with van der Waals surface area (Å²) < 4.78 is 27.0. The Kier molecular flexibility index (Phi) is 6.23. The van der Waals surface area contributed by atoms with Gasteiger partial charge >= 0.3 is 0 Å². The maximum absolute atomic E-state index is 12.5. The lowest BCUT2D eigenvalue weighted by atomic mass is 9.96. The molecule has 1 fully saturated rings. The minimum atomic E-state index is -2.33. The molecule has 0 aromatic carbocycles. The van der Waals surface area contributed by atoms with E-state index in [1.54, 1.807) is 4.90 Å². The predicted octanol–water partition coefficient (Wildman–Crippen LogP) is 3.69. The van der Waals surface area contributed by atoms with E-state index >= 15 is 0 Å². The number of hydrogen-bond donors (Lipinski definition) is 0. The molecule has 1 aliphatic carbocycles. The van der Waals surface area contributed by atoms with Gasteiger partial charge in [0.2, 0.25) is 0 Å². The Balaban J connectivity index is 1.92. The van der Waals surface area contributed by atoms with Gasteiger partial charge in [0.05, 0.1) is 18.3 Å². The van der Waals surface area contributed by atoms with Gasteiger partial charge in [-0.2, -0.15) is 5.10 Å². The van der Waals surface area contributed by atoms with Crippen LogP contribution in [0.15, 0.2) is 12.3 Å². The summed E-state index contributed by atoms with van der Waals surface area (Å²) in [6.45, 7) is 0.655. The fourth-order valence-corrected chi connectivity index (χ4v) is 3.03. The molecule has 0 unspecified atom stereocenters. The molecular weight excluding hydrogens is 284 g/mol. The average Bonchev–Trinajstić information content (AvgIpc) is 2.88. The molecule has 3 nitrogen and oxygen atoms in total. The van der Waals surface area contributed by atoms with E-state index in [0.29, 0.717) is 25.0 Å². The van der Waals surface area contributed by atoms with Crippen LogP contribution in [0.4, 0.5) is 8.78 Å². The molecule has 0 atom stereocenters. The van der Waals surface area contributed by atoms with Crippen molar-refractivity contribution in [3.8, 4) is 0 Å². The minimum absolute atomic E-state index is 0.247. The van der Waals surface area contributed by atoms with Crippen LogP contribution in [0.2, 0.25) is 0 Å². The molecule has 20 heavy (non-hydrogen) atoms. The fourth-order valence-electron chi connectivity index (χ4n) is 2.79. The Morgan fingerprint density at radius 2 is 2.10 bits per heavy atom. The summed E-state index contributed by atoms with van der Waals surface area (Å²) in [4.78, 5) is 1.66. The maximum Gasteiger partial charge on any atom is 0.251 e. The summed E-state index contributed by atoms with van der Waals surface area (Å²) in [6, 6.07) is 2.41. The molecule has 1 aromatic heterocycles. The first-order chi connectivity index (χ1) is 9.69. The molecule has 1 aromatic rings. The number of hydrogen-bond acceptors (Lipinski definition) is 2. The van der Waals surface area contributed by atoms with E-state index in [2.05, 4.69) is 5.10 Å². The molecule has 0 bridgehead atoms. The lowest BCUT2D eigenvalue weighted by molar-refractivity contribution is 0.0871. The second kappa shape index (κ2) is 7.93. The SMILES string of the molecule is FC(F)CN(CCCl)Cc1ccn(C2CCCCC2)n1. The van der Waals surface area contributed by atoms with E-state index in [9.17, 15) is 8.78 Å². The van der Waals surface area contributed by atoms with E-state index in [4.69, 9.17) is 11.6 Å². The third-order valence-electron chi connectivity index (χ3n) is 3.79. The van der Waals surface area contributed by atoms with Crippen molar-refractivity contribution in [2.75, 3.05) is 19.0 Å². The molecule has 1 heterocycles. The third kappa shape index (κ3) is 4.70. The van der Waals surface area contributed by atoms with Gasteiger partial charge in [0.1, 0.15) is 0 Å². The Morgan fingerprint density at radius 3 is 2.75 bits per heavy atom. The molecule has 0 N–H and O–H groups in total. The van der Waals surface area contributed by atoms with Crippen molar-refractivity contribution < 1.29 is 8.78 Å². The van der Waals surface area contributed by atoms with Gasteiger partial charge in [0.15, 0.2) is 0 Å². The van der Waals surface area contributed by atoms with Crippen LogP contribution in [0, 0.1) is 0 Å². The zero-order valence-corrected chi connectivity index (χ0v) is 12.4. The second-order valence-electron chi connectivity index (χ2n) is 5.39. The summed E-state index contributed by atoms with van der Waals surface area (Å²) in [6.07, 6.45) is 5.80. The normalized spacial score (nSPS) is 17.2. The van der Waals surface area contributed by atoms with Crippen LogP contribution in [-0.2, 0) is 6.54 Å². The number of alkyl halides is 3. The van der Waals surface area contributed by atoms with Gasteiger partial charge < -0.3 is 0 Å². The number of halogens is 3. The van der Waals surface area contributed by atoms with Crippen molar-refractivity contribution in [2.24, 2.45) is 0 Å². The molecule has 0 aliphatic heterocycles. The highest BCUT2D eigenvalue weighted by Crippen LogP contribution is 2.27. The van der Waals surface area contributed by atoms with Crippen LogP contribution in [-0.4, -0.2) is 40.1 Å². The lowest BCUT2D eigenvalue weighted by Gasteiger charge is -2.22. The zero-order chi connectivity index (χ0) is 14.4. The Hall–Kier alpha value is -0.680. The monoisotopic (exact) mass is 305 g/mol. The van der Waals surface area contributed by atoms with Gasteiger partial charge in [-0.15, -0.1) is 11.6 Å². The van der Waals surface area contributed by atoms with E-state index < -0.39 is 6.43 Å². The Bertz CT molecular complexity index is 392. The van der Waals surface area contributed by atoms with Crippen LogP contribution in [0.25, 0.3) is 0 Å². The summed E-state index contributed by atoms with van der Waals surface area (Å²) >= 11 is 5.66. The van der Waals surface area contributed by atoms with Crippen molar-refractivity contribution in [3.05, 3.63) is 18.0 Å². The quantitative estimate of drug-likeness (QED) is 0.716. The van der Waals surface area contributed by atoms with Crippen molar-refractivity contribution >= 4 is 11.6 Å². The molecule has 0 spiro atoms. The van der Waals surface area contributed by atoms with Crippen LogP contribution < -0.4 is 0 Å². The largest absolute Gasteiger partial charge is 0.291 e. The first-order valence-electron chi connectivity index (χ1n) is 7.29. The van der Waals surface area contributed by atoms with E-state index in [1.165, 1.54) is 32.1 Å². The molecule has 0 radical (unpaired) electrons. The van der Waals surface area contributed by atoms with Gasteiger partial charge in [0.25, 0.3) is 6.43 Å². The Labute approximate surface area is 123 Å². The first-order valence-corrected chi connectivity index (χ1v) is 7.83. The van der Waals surface area contributed by atoms with Crippen molar-refractivity contribution in [1.29, 1.82) is 0 Å². The standard InChI is InChI=1S/C14H22ClF2N3/c15-7-9-19(11-14(16)17)10-12-6-8-20(18-12)13-4-2-1-3-5-13/h6,8,13-14H,1-5,7,9-11H2. The number of rotatable bonds is 7. The molecule has 6 heteroatoms. The summed E-state index contributed by atoms with van der Waals surface area (Å²) in [5.74, 6) is 0.357. The highest BCUT2D eigenvalue weighted by molar-refractivity contribution is 6.18. The highest BCUT2D eigenvalue weighted by atomic mass is 35.5. The summed E-state index contributed by atoms with van der Waals surface area (Å²) in [7, 11) is 0. The van der Waals surface area contributed by atoms with Gasteiger partial charge in [-0.05, 0) is 18.9 Å². The summed E-state index contributed by atoms with van der Waals surface area (Å²) in [5, 5.41) is 4.55. The second-order valence-corrected chi connectivity index (χ2v) is 5.77. The van der Waals surface area contributed by atoms with Crippen LogP contribution >= 0.6 is 11.6 Å². The fraction of sp³-hybridized carbons (Fsp3) is 0.786. The molecule has 1 saturated carbocycles. The maximum atomic E-state index is 12.5. The smallest absolute Gasteiger partial charge is 0.251 e. The number of aromatic nitrogens is 2. The molecule has 114 valence electrons. The molecular formula is C14H22ClF2N3. The molecule has 1 aliphatic rings. The minimum Gasteiger partial charge on any atom is -0.291 e. The Morgan fingerprint density at radius 1 is 1.35 bits per heavy atom. The molecule has 2 rings (SSSR count). The lowest BCUT2D eigenvalue weighted by Crippen LogP contribution is -2.30. The average molecular weight is 306 g/mol. The van der Waals surface area contributed by atoms with Crippen LogP contribution in [0.3, 0.4) is 0 Å². The van der Waals surface area contributed by atoms with E-state index in [0.717, 1.165) is 5.69 Å². The van der Waals surface area contributed by atoms with Crippen LogP contribution in [0.1, 0.15) is 43.8 Å². The molecule has 0 saturated heterocycles. The predicted molar refractivity (Wildman–Crippen MR) is 76.4 cm³/mol. The third-order valence-corrected chi connectivity index (χ3v) is 3.96. The first kappa shape index (κ1) is 15.7. The van der Waals surface area contributed by atoms with Crippen molar-refractivity contribution in [3.63, 3.8) is 0 Å². The number of nitrogens with zero attached hydrogens (tertiary/aromatic N) is 3. The van der Waals surface area contributed by atoms with E-state index in [1.807, 2.05) is 16.9 Å². The van der Waals surface area contributed by atoms with Crippen LogP contribution in [0.5, 0.6) is 0 Å². The van der Waals surface area contributed by atoms with Crippen molar-refractivity contribution in [2.45, 2.75) is 51.1 Å². The van der Waals surface area contributed by atoms with Gasteiger partial charge in [-0.3, -0.25) is 9.58 Å². The highest BCUT2D eigenvalue weighted by Gasteiger charge is 2.17. The van der Waals surface area contributed by atoms with Gasteiger partial charge in [-0.1, -0.05) is 19.3 Å². The van der Waals surface area contributed by atoms with E-state index in [-0.39, 0.29) is 6.54 Å². The van der Waals surface area contributed by atoms with Gasteiger partial charge in [-0.25, -0.2) is 8.78 Å². The summed E-state index contributed by atoms with van der Waals surface area (Å²) in [5.41, 5.74) is 0.848.